The van der Waals surface area contributed by atoms with E-state index in [0.29, 0.717) is 6.61 Å². The number of hydrogen-bond acceptors (Lipinski definition) is 3. The molecule has 0 aromatic carbocycles. The van der Waals surface area contributed by atoms with Crippen molar-refractivity contribution in [1.82, 2.24) is 0 Å². The molecule has 1 aliphatic rings. The van der Waals surface area contributed by atoms with Crippen molar-refractivity contribution in [3.8, 4) is 0 Å². The molecule has 0 bridgehead atoms. The van der Waals surface area contributed by atoms with Gasteiger partial charge in [-0.15, -0.1) is 0 Å². The number of rotatable bonds is 2. The molecular formula is C7H14O3. The van der Waals surface area contributed by atoms with Crippen LogP contribution in [0.4, 0.5) is 0 Å². The van der Waals surface area contributed by atoms with Gasteiger partial charge in [0.1, 0.15) is 0 Å². The molecule has 0 aromatic rings. The smallest absolute Gasteiger partial charge is 0.0873 e. The maximum absolute atomic E-state index is 9.36. The van der Waals surface area contributed by atoms with Gasteiger partial charge in [0.15, 0.2) is 0 Å². The Morgan fingerprint density at radius 2 is 2.30 bits per heavy atom. The molecule has 1 aliphatic heterocycles. The third-order valence-corrected chi connectivity index (χ3v) is 2.03. The Kier molecular flexibility index (Phi) is 2.65. The van der Waals surface area contributed by atoms with Gasteiger partial charge in [0, 0.05) is 5.92 Å². The van der Waals surface area contributed by atoms with Crippen LogP contribution >= 0.6 is 0 Å². The molecule has 3 heteroatoms. The van der Waals surface area contributed by atoms with Crippen molar-refractivity contribution in [2.24, 2.45) is 5.92 Å². The molecule has 10 heavy (non-hydrogen) atoms. The monoisotopic (exact) mass is 146 g/mol. The van der Waals surface area contributed by atoms with E-state index < -0.39 is 6.10 Å². The SMILES string of the molecule is CC[C@@H]1OC[C@H](CO)[C@H]1O. The summed E-state index contributed by atoms with van der Waals surface area (Å²) in [5.74, 6) is -0.0649. The minimum Gasteiger partial charge on any atom is -0.396 e. The van der Waals surface area contributed by atoms with Gasteiger partial charge in [-0.2, -0.15) is 0 Å². The second-order valence-electron chi connectivity index (χ2n) is 2.71. The highest BCUT2D eigenvalue weighted by atomic mass is 16.5. The van der Waals surface area contributed by atoms with E-state index >= 15 is 0 Å². The number of ether oxygens (including phenoxy) is 1. The molecule has 0 radical (unpaired) electrons. The van der Waals surface area contributed by atoms with Crippen molar-refractivity contribution in [3.63, 3.8) is 0 Å². The third kappa shape index (κ3) is 1.31. The summed E-state index contributed by atoms with van der Waals surface area (Å²) >= 11 is 0. The van der Waals surface area contributed by atoms with Crippen LogP contribution in [0.3, 0.4) is 0 Å². The highest BCUT2D eigenvalue weighted by Crippen LogP contribution is 2.21. The Hall–Kier alpha value is -0.120. The molecular weight excluding hydrogens is 132 g/mol. The summed E-state index contributed by atoms with van der Waals surface area (Å²) in [6, 6.07) is 0. The van der Waals surface area contributed by atoms with Crippen LogP contribution in [-0.4, -0.2) is 35.6 Å². The molecule has 0 aromatic heterocycles. The van der Waals surface area contributed by atoms with E-state index in [1.807, 2.05) is 6.92 Å². The molecule has 0 spiro atoms. The second kappa shape index (κ2) is 3.32. The summed E-state index contributed by atoms with van der Waals surface area (Å²) in [5, 5.41) is 18.1. The van der Waals surface area contributed by atoms with Crippen LogP contribution in [0.2, 0.25) is 0 Å². The first-order valence-corrected chi connectivity index (χ1v) is 3.70. The summed E-state index contributed by atoms with van der Waals surface area (Å²) in [6.45, 7) is 2.49. The standard InChI is InChI=1S/C7H14O3/c1-2-6-7(9)5(3-8)4-10-6/h5-9H,2-4H2,1H3/t5-,6-,7+/m0/s1. The predicted octanol–water partition coefficient (Wildman–Crippen LogP) is -0.235. The summed E-state index contributed by atoms with van der Waals surface area (Å²) in [4.78, 5) is 0. The maximum atomic E-state index is 9.36. The van der Waals surface area contributed by atoms with Crippen LogP contribution in [0.1, 0.15) is 13.3 Å². The minimum atomic E-state index is -0.463. The normalized spacial score (nSPS) is 40.5. The fraction of sp³-hybridized carbons (Fsp3) is 1.00. The van der Waals surface area contributed by atoms with Crippen molar-refractivity contribution in [1.29, 1.82) is 0 Å². The Bertz CT molecular complexity index is 93.0. The van der Waals surface area contributed by atoms with Gasteiger partial charge in [-0.1, -0.05) is 6.92 Å². The van der Waals surface area contributed by atoms with E-state index in [1.54, 1.807) is 0 Å². The minimum absolute atomic E-state index is 0.0255. The molecule has 60 valence electrons. The molecule has 1 rings (SSSR count). The van der Waals surface area contributed by atoms with Crippen molar-refractivity contribution in [3.05, 3.63) is 0 Å². The van der Waals surface area contributed by atoms with E-state index in [-0.39, 0.29) is 18.6 Å². The second-order valence-corrected chi connectivity index (χ2v) is 2.71. The highest BCUT2D eigenvalue weighted by molar-refractivity contribution is 4.81. The molecule has 0 unspecified atom stereocenters. The fourth-order valence-corrected chi connectivity index (χ4v) is 1.27. The Labute approximate surface area is 60.6 Å². The molecule has 2 N–H and O–H groups in total. The molecule has 0 saturated carbocycles. The molecule has 1 heterocycles. The predicted molar refractivity (Wildman–Crippen MR) is 36.6 cm³/mol. The lowest BCUT2D eigenvalue weighted by Gasteiger charge is -2.13. The fourth-order valence-electron chi connectivity index (χ4n) is 1.27. The zero-order chi connectivity index (χ0) is 7.56. The molecule has 0 aliphatic carbocycles. The van der Waals surface area contributed by atoms with Crippen LogP contribution in [0, 0.1) is 5.92 Å². The lowest BCUT2D eigenvalue weighted by molar-refractivity contribution is 0.0333. The maximum Gasteiger partial charge on any atom is 0.0873 e. The van der Waals surface area contributed by atoms with Gasteiger partial charge in [0.25, 0.3) is 0 Å². The number of hydrogen-bond donors (Lipinski definition) is 2. The summed E-state index contributed by atoms with van der Waals surface area (Å²) in [5.41, 5.74) is 0. The quantitative estimate of drug-likeness (QED) is 0.565. The van der Waals surface area contributed by atoms with E-state index in [2.05, 4.69) is 0 Å². The zero-order valence-electron chi connectivity index (χ0n) is 6.16. The van der Waals surface area contributed by atoms with Crippen molar-refractivity contribution in [2.75, 3.05) is 13.2 Å². The van der Waals surface area contributed by atoms with Gasteiger partial charge in [0.05, 0.1) is 25.4 Å². The number of aliphatic hydroxyl groups excluding tert-OH is 2. The topological polar surface area (TPSA) is 49.7 Å². The summed E-state index contributed by atoms with van der Waals surface area (Å²) < 4.78 is 5.21. The van der Waals surface area contributed by atoms with E-state index in [0.717, 1.165) is 6.42 Å². The molecule has 3 nitrogen and oxygen atoms in total. The third-order valence-electron chi connectivity index (χ3n) is 2.03. The van der Waals surface area contributed by atoms with Gasteiger partial charge >= 0.3 is 0 Å². The van der Waals surface area contributed by atoms with E-state index in [9.17, 15) is 5.11 Å². The van der Waals surface area contributed by atoms with Crippen molar-refractivity contribution < 1.29 is 14.9 Å². The van der Waals surface area contributed by atoms with Gasteiger partial charge in [-0.25, -0.2) is 0 Å². The van der Waals surface area contributed by atoms with Gasteiger partial charge < -0.3 is 14.9 Å². The van der Waals surface area contributed by atoms with Gasteiger partial charge in [0.2, 0.25) is 0 Å². The average Bonchev–Trinajstić information content (AvgIpc) is 2.30. The van der Waals surface area contributed by atoms with Gasteiger partial charge in [-0.05, 0) is 6.42 Å². The van der Waals surface area contributed by atoms with Crippen LogP contribution in [0.5, 0.6) is 0 Å². The lowest BCUT2D eigenvalue weighted by Crippen LogP contribution is -2.27. The molecule has 0 amide bonds. The molecule has 1 fully saturated rings. The first-order chi connectivity index (χ1) is 4.79. The van der Waals surface area contributed by atoms with Crippen LogP contribution in [0.15, 0.2) is 0 Å². The zero-order valence-corrected chi connectivity index (χ0v) is 6.16. The van der Waals surface area contributed by atoms with Gasteiger partial charge in [-0.3, -0.25) is 0 Å². The van der Waals surface area contributed by atoms with Crippen LogP contribution in [-0.2, 0) is 4.74 Å². The number of aliphatic hydroxyl groups is 2. The van der Waals surface area contributed by atoms with E-state index in [4.69, 9.17) is 9.84 Å². The summed E-state index contributed by atoms with van der Waals surface area (Å²) in [7, 11) is 0. The first-order valence-electron chi connectivity index (χ1n) is 3.70. The Morgan fingerprint density at radius 3 is 2.60 bits per heavy atom. The average molecular weight is 146 g/mol. The first kappa shape index (κ1) is 7.98. The Morgan fingerprint density at radius 1 is 1.60 bits per heavy atom. The van der Waals surface area contributed by atoms with Crippen LogP contribution < -0.4 is 0 Å². The lowest BCUT2D eigenvalue weighted by atomic mass is 10.0. The van der Waals surface area contributed by atoms with Crippen molar-refractivity contribution >= 4 is 0 Å². The summed E-state index contributed by atoms with van der Waals surface area (Å²) in [6.07, 6.45) is 0.296. The van der Waals surface area contributed by atoms with Crippen molar-refractivity contribution in [2.45, 2.75) is 25.6 Å². The molecule has 1 saturated heterocycles. The van der Waals surface area contributed by atoms with Crippen LogP contribution in [0.25, 0.3) is 0 Å². The molecule has 3 atom stereocenters. The largest absolute Gasteiger partial charge is 0.396 e. The van der Waals surface area contributed by atoms with E-state index in [1.165, 1.54) is 0 Å². The highest BCUT2D eigenvalue weighted by Gasteiger charge is 2.33. The Balaban J connectivity index is 2.41.